The van der Waals surface area contributed by atoms with Crippen LogP contribution in [0.25, 0.3) is 0 Å². The Morgan fingerprint density at radius 1 is 1.83 bits per heavy atom. The molecule has 7 heteroatoms. The molecule has 0 aromatic heterocycles. The first-order valence-electron chi connectivity index (χ1n) is 3.50. The van der Waals surface area contributed by atoms with Gasteiger partial charge in [0.2, 0.25) is 0 Å². The van der Waals surface area contributed by atoms with Crippen LogP contribution in [0.2, 0.25) is 0 Å². The highest BCUT2D eigenvalue weighted by molar-refractivity contribution is 7.51. The van der Waals surface area contributed by atoms with Crippen LogP contribution in [0.4, 0.5) is 4.79 Å². The smallest absolute Gasteiger partial charge is 0.437 e. The molecule has 1 heterocycles. The van der Waals surface area contributed by atoms with E-state index in [-0.39, 0.29) is 19.8 Å². The summed E-state index contributed by atoms with van der Waals surface area (Å²) < 4.78 is 20.9. The van der Waals surface area contributed by atoms with Gasteiger partial charge in [-0.05, 0) is 6.92 Å². The van der Waals surface area contributed by atoms with Gasteiger partial charge >= 0.3 is 13.8 Å². The van der Waals surface area contributed by atoms with Gasteiger partial charge in [0.25, 0.3) is 0 Å². The maximum atomic E-state index is 11.2. The van der Waals surface area contributed by atoms with Crippen LogP contribution in [0.3, 0.4) is 0 Å². The Balaban J connectivity index is 2.67. The average molecular weight is 195 g/mol. The van der Waals surface area contributed by atoms with Crippen LogP contribution in [0.15, 0.2) is 0 Å². The second kappa shape index (κ2) is 3.43. The fourth-order valence-electron chi connectivity index (χ4n) is 0.853. The first-order valence-corrected chi connectivity index (χ1v) is 5.03. The van der Waals surface area contributed by atoms with E-state index in [1.807, 2.05) is 0 Å². The summed E-state index contributed by atoms with van der Waals surface area (Å²) in [6, 6.07) is 0. The zero-order valence-corrected chi connectivity index (χ0v) is 7.49. The van der Waals surface area contributed by atoms with E-state index < -0.39 is 13.8 Å². The Kier molecular flexibility index (Phi) is 2.72. The molecule has 1 atom stereocenters. The van der Waals surface area contributed by atoms with E-state index in [1.54, 1.807) is 6.92 Å². The zero-order valence-electron chi connectivity index (χ0n) is 6.60. The van der Waals surface area contributed by atoms with Crippen LogP contribution in [0, 0.1) is 0 Å². The number of amides is 1. The fourth-order valence-corrected chi connectivity index (χ4v) is 1.93. The van der Waals surface area contributed by atoms with Gasteiger partial charge in [-0.25, -0.2) is 14.0 Å². The molecule has 1 rings (SSSR count). The molecule has 1 aliphatic rings. The van der Waals surface area contributed by atoms with Crippen LogP contribution < -0.4 is 0 Å². The summed E-state index contributed by atoms with van der Waals surface area (Å²) in [6.07, 6.45) is -0.797. The third kappa shape index (κ3) is 1.77. The molecule has 1 amide bonds. The lowest BCUT2D eigenvalue weighted by Crippen LogP contribution is -2.21. The molecule has 12 heavy (non-hydrogen) atoms. The summed E-state index contributed by atoms with van der Waals surface area (Å²) in [5, 5.41) is 0. The second-order valence-corrected chi connectivity index (χ2v) is 3.87. The first kappa shape index (κ1) is 9.51. The van der Waals surface area contributed by atoms with Crippen molar-refractivity contribution in [3.8, 4) is 0 Å². The highest BCUT2D eigenvalue weighted by Crippen LogP contribution is 2.47. The minimum Gasteiger partial charge on any atom is -0.447 e. The Bertz CT molecular complexity index is 230. The molecular formula is C5H10NO5P. The maximum absolute atomic E-state index is 11.2. The molecule has 0 radical (unpaired) electrons. The van der Waals surface area contributed by atoms with Crippen molar-refractivity contribution in [2.24, 2.45) is 0 Å². The molecular weight excluding hydrogens is 185 g/mol. The third-order valence-corrected chi connectivity index (χ3v) is 2.91. The van der Waals surface area contributed by atoms with E-state index in [4.69, 9.17) is 4.89 Å². The third-order valence-electron chi connectivity index (χ3n) is 1.34. The lowest BCUT2D eigenvalue weighted by molar-refractivity contribution is 0.160. The standard InChI is InChI=1S/C5H10NO5P/c1-2-11-12(8,9)6-3-4-10-5(6)7/h2-4H2,1H3,(H,8,9). The van der Waals surface area contributed by atoms with Gasteiger partial charge in [0.1, 0.15) is 6.61 Å². The number of hydrogen-bond donors (Lipinski definition) is 1. The Hall–Kier alpha value is -0.580. The fraction of sp³-hybridized carbons (Fsp3) is 0.800. The molecule has 0 aromatic carbocycles. The lowest BCUT2D eigenvalue weighted by atomic mass is 10.7. The molecule has 1 aliphatic heterocycles. The Labute approximate surface area is 69.7 Å². The van der Waals surface area contributed by atoms with E-state index in [9.17, 15) is 9.36 Å². The van der Waals surface area contributed by atoms with E-state index in [0.717, 1.165) is 0 Å². The number of rotatable bonds is 3. The summed E-state index contributed by atoms with van der Waals surface area (Å²) in [7, 11) is -3.94. The van der Waals surface area contributed by atoms with Crippen molar-refractivity contribution in [1.29, 1.82) is 0 Å². The van der Waals surface area contributed by atoms with Crippen LogP contribution in [0.5, 0.6) is 0 Å². The van der Waals surface area contributed by atoms with Gasteiger partial charge in [-0.15, -0.1) is 0 Å². The molecule has 1 unspecified atom stereocenters. The van der Waals surface area contributed by atoms with Gasteiger partial charge in [0, 0.05) is 0 Å². The number of carbonyl (C=O) groups is 1. The number of cyclic esters (lactones) is 1. The van der Waals surface area contributed by atoms with Gasteiger partial charge < -0.3 is 9.63 Å². The van der Waals surface area contributed by atoms with Crippen LogP contribution >= 0.6 is 7.75 Å². The second-order valence-electron chi connectivity index (χ2n) is 2.15. The highest BCUT2D eigenvalue weighted by Gasteiger charge is 2.38. The van der Waals surface area contributed by atoms with Gasteiger partial charge in [-0.1, -0.05) is 0 Å². The predicted molar refractivity (Wildman–Crippen MR) is 39.5 cm³/mol. The molecule has 0 aliphatic carbocycles. The van der Waals surface area contributed by atoms with Gasteiger partial charge in [0.05, 0.1) is 13.2 Å². The lowest BCUT2D eigenvalue weighted by Gasteiger charge is -2.18. The van der Waals surface area contributed by atoms with Crippen molar-refractivity contribution in [1.82, 2.24) is 4.67 Å². The van der Waals surface area contributed by atoms with Gasteiger partial charge in [-0.3, -0.25) is 4.52 Å². The molecule has 0 spiro atoms. The van der Waals surface area contributed by atoms with Crippen molar-refractivity contribution >= 4 is 13.8 Å². The van der Waals surface area contributed by atoms with Gasteiger partial charge in [-0.2, -0.15) is 0 Å². The van der Waals surface area contributed by atoms with Crippen LogP contribution in [-0.4, -0.2) is 35.4 Å². The zero-order chi connectivity index (χ0) is 9.19. The van der Waals surface area contributed by atoms with Crippen molar-refractivity contribution in [3.63, 3.8) is 0 Å². The number of carbonyl (C=O) groups excluding carboxylic acids is 1. The molecule has 0 bridgehead atoms. The van der Waals surface area contributed by atoms with Crippen LogP contribution in [0.1, 0.15) is 6.92 Å². The molecule has 1 fully saturated rings. The summed E-state index contributed by atoms with van der Waals surface area (Å²) in [6.45, 7) is 1.89. The minimum absolute atomic E-state index is 0.0809. The average Bonchev–Trinajstić information content (AvgIpc) is 2.35. The molecule has 1 saturated heterocycles. The molecule has 6 nitrogen and oxygen atoms in total. The van der Waals surface area contributed by atoms with Crippen molar-refractivity contribution in [3.05, 3.63) is 0 Å². The maximum Gasteiger partial charge on any atom is 0.437 e. The predicted octanol–water partition coefficient (Wildman–Crippen LogP) is 0.576. The van der Waals surface area contributed by atoms with E-state index in [1.165, 1.54) is 0 Å². The quantitative estimate of drug-likeness (QED) is 0.666. The van der Waals surface area contributed by atoms with E-state index >= 15 is 0 Å². The molecule has 0 saturated carbocycles. The SMILES string of the molecule is CCOP(=O)(O)N1CCOC1=O. The summed E-state index contributed by atoms with van der Waals surface area (Å²) >= 11 is 0. The molecule has 1 N–H and O–H groups in total. The van der Waals surface area contributed by atoms with Crippen molar-refractivity contribution < 1.29 is 23.5 Å². The number of hydrogen-bond acceptors (Lipinski definition) is 4. The summed E-state index contributed by atoms with van der Waals surface area (Å²) in [4.78, 5) is 19.9. The minimum atomic E-state index is -3.94. The van der Waals surface area contributed by atoms with Crippen molar-refractivity contribution in [2.75, 3.05) is 19.8 Å². The summed E-state index contributed by atoms with van der Waals surface area (Å²) in [5.74, 6) is 0. The largest absolute Gasteiger partial charge is 0.447 e. The normalized spacial score (nSPS) is 22.2. The molecule has 70 valence electrons. The van der Waals surface area contributed by atoms with Crippen molar-refractivity contribution in [2.45, 2.75) is 6.92 Å². The number of ether oxygens (including phenoxy) is 1. The highest BCUT2D eigenvalue weighted by atomic mass is 31.2. The first-order chi connectivity index (χ1) is 5.58. The summed E-state index contributed by atoms with van der Waals surface area (Å²) in [5.41, 5.74) is 0. The topological polar surface area (TPSA) is 76.1 Å². The van der Waals surface area contributed by atoms with E-state index in [0.29, 0.717) is 4.67 Å². The Morgan fingerprint density at radius 3 is 2.92 bits per heavy atom. The molecule has 0 aromatic rings. The van der Waals surface area contributed by atoms with E-state index in [2.05, 4.69) is 9.26 Å². The van der Waals surface area contributed by atoms with Gasteiger partial charge in [0.15, 0.2) is 0 Å². The number of nitrogens with zero attached hydrogens (tertiary/aromatic N) is 1. The van der Waals surface area contributed by atoms with Crippen LogP contribution in [-0.2, 0) is 13.8 Å². The Morgan fingerprint density at radius 2 is 2.50 bits per heavy atom. The monoisotopic (exact) mass is 195 g/mol.